The molecular formula is C12H21NO3. The highest BCUT2D eigenvalue weighted by Crippen LogP contribution is 2.29. The standard InChI is InChI=1S/C12H21NO3/c1-3-8-13(2)11(14)9-4-6-10(7-5-9)12(15)16/h9-10H,3-8H2,1-2H3,(H,15,16). The fourth-order valence-electron chi connectivity index (χ4n) is 2.34. The van der Waals surface area contributed by atoms with Crippen molar-refractivity contribution in [2.45, 2.75) is 39.0 Å². The highest BCUT2D eigenvalue weighted by atomic mass is 16.4. The molecule has 1 amide bonds. The first kappa shape index (κ1) is 13.0. The summed E-state index contributed by atoms with van der Waals surface area (Å²) in [5.74, 6) is -0.716. The van der Waals surface area contributed by atoms with Gasteiger partial charge in [-0.25, -0.2) is 0 Å². The molecule has 92 valence electrons. The third-order valence-electron chi connectivity index (χ3n) is 3.36. The average Bonchev–Trinajstić information content (AvgIpc) is 2.28. The zero-order chi connectivity index (χ0) is 12.1. The van der Waals surface area contributed by atoms with Crippen molar-refractivity contribution >= 4 is 11.9 Å². The van der Waals surface area contributed by atoms with Gasteiger partial charge in [0.1, 0.15) is 0 Å². The number of aliphatic carboxylic acids is 1. The summed E-state index contributed by atoms with van der Waals surface area (Å²) in [5.41, 5.74) is 0. The first-order valence-corrected chi connectivity index (χ1v) is 6.04. The second-order valence-electron chi connectivity index (χ2n) is 4.65. The summed E-state index contributed by atoms with van der Waals surface area (Å²) in [6, 6.07) is 0. The second-order valence-corrected chi connectivity index (χ2v) is 4.65. The summed E-state index contributed by atoms with van der Waals surface area (Å²) in [6.45, 7) is 2.84. The van der Waals surface area contributed by atoms with E-state index in [4.69, 9.17) is 5.11 Å². The molecule has 1 aliphatic carbocycles. The summed E-state index contributed by atoms with van der Waals surface area (Å²) in [7, 11) is 1.83. The Morgan fingerprint density at radius 1 is 1.19 bits per heavy atom. The van der Waals surface area contributed by atoms with E-state index in [1.165, 1.54) is 0 Å². The molecule has 0 spiro atoms. The summed E-state index contributed by atoms with van der Waals surface area (Å²) >= 11 is 0. The van der Waals surface area contributed by atoms with Crippen LogP contribution in [0.5, 0.6) is 0 Å². The zero-order valence-electron chi connectivity index (χ0n) is 10.1. The largest absolute Gasteiger partial charge is 0.481 e. The molecule has 0 atom stereocenters. The van der Waals surface area contributed by atoms with Crippen molar-refractivity contribution in [3.63, 3.8) is 0 Å². The smallest absolute Gasteiger partial charge is 0.306 e. The molecule has 1 N–H and O–H groups in total. The maximum atomic E-state index is 11.9. The molecule has 0 aliphatic heterocycles. The van der Waals surface area contributed by atoms with Crippen molar-refractivity contribution in [2.75, 3.05) is 13.6 Å². The predicted molar refractivity (Wildman–Crippen MR) is 61.0 cm³/mol. The van der Waals surface area contributed by atoms with E-state index in [2.05, 4.69) is 0 Å². The number of nitrogens with zero attached hydrogens (tertiary/aromatic N) is 1. The first-order valence-electron chi connectivity index (χ1n) is 6.04. The van der Waals surface area contributed by atoms with E-state index in [-0.39, 0.29) is 17.7 Å². The van der Waals surface area contributed by atoms with Crippen LogP contribution >= 0.6 is 0 Å². The Bertz CT molecular complexity index is 257. The molecule has 1 saturated carbocycles. The molecule has 0 aromatic rings. The lowest BCUT2D eigenvalue weighted by Crippen LogP contribution is -2.36. The maximum Gasteiger partial charge on any atom is 0.306 e. The number of carbonyl (C=O) groups excluding carboxylic acids is 1. The fourth-order valence-corrected chi connectivity index (χ4v) is 2.34. The third kappa shape index (κ3) is 3.22. The van der Waals surface area contributed by atoms with Crippen LogP contribution in [0, 0.1) is 11.8 Å². The molecular weight excluding hydrogens is 206 g/mol. The molecule has 1 fully saturated rings. The number of hydrogen-bond donors (Lipinski definition) is 1. The molecule has 0 saturated heterocycles. The lowest BCUT2D eigenvalue weighted by Gasteiger charge is -2.28. The van der Waals surface area contributed by atoms with Crippen LogP contribution in [0.15, 0.2) is 0 Å². The van der Waals surface area contributed by atoms with Crippen LogP contribution in [0.4, 0.5) is 0 Å². The van der Waals surface area contributed by atoms with Crippen molar-refractivity contribution in [3.05, 3.63) is 0 Å². The van der Waals surface area contributed by atoms with E-state index in [1.54, 1.807) is 4.90 Å². The molecule has 16 heavy (non-hydrogen) atoms. The van der Waals surface area contributed by atoms with Gasteiger partial charge in [-0.3, -0.25) is 9.59 Å². The van der Waals surface area contributed by atoms with Gasteiger partial charge < -0.3 is 10.0 Å². The maximum absolute atomic E-state index is 11.9. The minimum absolute atomic E-state index is 0.0483. The van der Waals surface area contributed by atoms with Crippen LogP contribution in [0.25, 0.3) is 0 Å². The topological polar surface area (TPSA) is 57.6 Å². The Labute approximate surface area is 96.6 Å². The molecule has 0 unspecified atom stereocenters. The van der Waals surface area contributed by atoms with Gasteiger partial charge in [-0.05, 0) is 32.1 Å². The molecule has 0 aromatic carbocycles. The number of amides is 1. The number of carbonyl (C=O) groups is 2. The van der Waals surface area contributed by atoms with Gasteiger partial charge in [-0.15, -0.1) is 0 Å². The number of carboxylic acids is 1. The number of carboxylic acid groups (broad SMARTS) is 1. The second kappa shape index (κ2) is 5.87. The van der Waals surface area contributed by atoms with Gasteiger partial charge in [0, 0.05) is 19.5 Å². The Hall–Kier alpha value is -1.06. The van der Waals surface area contributed by atoms with Gasteiger partial charge in [0.05, 0.1) is 5.92 Å². The lowest BCUT2D eigenvalue weighted by molar-refractivity contribution is -0.145. The summed E-state index contributed by atoms with van der Waals surface area (Å²) in [4.78, 5) is 24.5. The lowest BCUT2D eigenvalue weighted by atomic mass is 9.81. The van der Waals surface area contributed by atoms with Crippen molar-refractivity contribution < 1.29 is 14.7 Å². The van der Waals surface area contributed by atoms with E-state index >= 15 is 0 Å². The minimum Gasteiger partial charge on any atom is -0.481 e. The van der Waals surface area contributed by atoms with Crippen LogP contribution in [0.3, 0.4) is 0 Å². The Kier molecular flexibility index (Phi) is 4.77. The van der Waals surface area contributed by atoms with Crippen LogP contribution in [-0.4, -0.2) is 35.5 Å². The van der Waals surface area contributed by atoms with Gasteiger partial charge in [0.2, 0.25) is 5.91 Å². The van der Waals surface area contributed by atoms with E-state index < -0.39 is 5.97 Å². The Morgan fingerprint density at radius 3 is 2.12 bits per heavy atom. The van der Waals surface area contributed by atoms with E-state index in [0.29, 0.717) is 12.8 Å². The molecule has 4 nitrogen and oxygen atoms in total. The summed E-state index contributed by atoms with van der Waals surface area (Å²) < 4.78 is 0. The van der Waals surface area contributed by atoms with Gasteiger partial charge in [0.15, 0.2) is 0 Å². The molecule has 0 heterocycles. The summed E-state index contributed by atoms with van der Waals surface area (Å²) in [5, 5.41) is 8.86. The monoisotopic (exact) mass is 227 g/mol. The molecule has 1 rings (SSSR count). The van der Waals surface area contributed by atoms with Crippen molar-refractivity contribution in [2.24, 2.45) is 11.8 Å². The van der Waals surface area contributed by atoms with Gasteiger partial charge >= 0.3 is 5.97 Å². The molecule has 0 bridgehead atoms. The molecule has 0 aromatic heterocycles. The highest BCUT2D eigenvalue weighted by Gasteiger charge is 2.30. The normalized spacial score (nSPS) is 25.1. The number of rotatable bonds is 4. The van der Waals surface area contributed by atoms with Gasteiger partial charge in [-0.1, -0.05) is 6.92 Å². The van der Waals surface area contributed by atoms with Crippen molar-refractivity contribution in [3.8, 4) is 0 Å². The number of hydrogen-bond acceptors (Lipinski definition) is 2. The van der Waals surface area contributed by atoms with E-state index in [1.807, 2.05) is 14.0 Å². The molecule has 4 heteroatoms. The van der Waals surface area contributed by atoms with Gasteiger partial charge in [-0.2, -0.15) is 0 Å². The summed E-state index contributed by atoms with van der Waals surface area (Å²) in [6.07, 6.45) is 3.71. The third-order valence-corrected chi connectivity index (χ3v) is 3.36. The predicted octanol–water partition coefficient (Wildman–Crippen LogP) is 1.75. The first-order chi connectivity index (χ1) is 7.56. The molecule has 0 radical (unpaired) electrons. The van der Waals surface area contributed by atoms with Crippen LogP contribution in [0.2, 0.25) is 0 Å². The highest BCUT2D eigenvalue weighted by molar-refractivity contribution is 5.79. The Balaban J connectivity index is 2.41. The van der Waals surface area contributed by atoms with Crippen LogP contribution < -0.4 is 0 Å². The van der Waals surface area contributed by atoms with Crippen LogP contribution in [-0.2, 0) is 9.59 Å². The quantitative estimate of drug-likeness (QED) is 0.796. The van der Waals surface area contributed by atoms with E-state index in [0.717, 1.165) is 25.8 Å². The van der Waals surface area contributed by atoms with Crippen molar-refractivity contribution in [1.82, 2.24) is 4.90 Å². The van der Waals surface area contributed by atoms with Gasteiger partial charge in [0.25, 0.3) is 0 Å². The molecule has 1 aliphatic rings. The van der Waals surface area contributed by atoms with Crippen LogP contribution in [0.1, 0.15) is 39.0 Å². The fraction of sp³-hybridized carbons (Fsp3) is 0.833. The zero-order valence-corrected chi connectivity index (χ0v) is 10.1. The SMILES string of the molecule is CCCN(C)C(=O)C1CCC(C(=O)O)CC1. The van der Waals surface area contributed by atoms with Crippen molar-refractivity contribution in [1.29, 1.82) is 0 Å². The Morgan fingerprint density at radius 2 is 1.69 bits per heavy atom. The average molecular weight is 227 g/mol. The minimum atomic E-state index is -0.715. The van der Waals surface area contributed by atoms with E-state index in [9.17, 15) is 9.59 Å².